The van der Waals surface area contributed by atoms with Gasteiger partial charge >= 0.3 is 12.1 Å². The number of aromatic nitrogens is 3. The molecule has 0 aromatic carbocycles. The first kappa shape index (κ1) is 20.9. The van der Waals surface area contributed by atoms with E-state index in [0.717, 1.165) is 5.69 Å². The van der Waals surface area contributed by atoms with Crippen molar-refractivity contribution in [2.45, 2.75) is 65.1 Å². The number of esters is 1. The summed E-state index contributed by atoms with van der Waals surface area (Å²) in [7, 11) is 0. The van der Waals surface area contributed by atoms with Crippen LogP contribution in [0.25, 0.3) is 5.65 Å². The predicted octanol–water partition coefficient (Wildman–Crippen LogP) is 2.70. The lowest BCUT2D eigenvalue weighted by atomic mass is 9.93. The van der Waals surface area contributed by atoms with Crippen molar-refractivity contribution < 1.29 is 19.1 Å². The van der Waals surface area contributed by atoms with Crippen molar-refractivity contribution in [1.29, 1.82) is 0 Å². The molecule has 1 N–H and O–H groups in total. The minimum atomic E-state index is -0.539. The van der Waals surface area contributed by atoms with Crippen LogP contribution in [-0.2, 0) is 9.47 Å². The number of H-pyrrole nitrogens is 1. The number of amides is 1. The molecule has 3 heterocycles. The standard InChI is InChI=1S/C20H28N4O5/c1-12(2)28-18(26)14-11-21-24-15(10-16(25)22-17(14)24)13-6-8-23(9-7-13)19(27)29-20(3,4)5/h10-13H,6-9H2,1-5H3,(H,22,25). The van der Waals surface area contributed by atoms with Gasteiger partial charge in [0.1, 0.15) is 11.2 Å². The molecule has 0 atom stereocenters. The van der Waals surface area contributed by atoms with Crippen molar-refractivity contribution >= 4 is 17.7 Å². The zero-order valence-corrected chi connectivity index (χ0v) is 17.5. The molecule has 1 aliphatic rings. The van der Waals surface area contributed by atoms with Crippen molar-refractivity contribution in [3.05, 3.63) is 33.9 Å². The molecule has 9 nitrogen and oxygen atoms in total. The third-order valence-electron chi connectivity index (χ3n) is 4.66. The van der Waals surface area contributed by atoms with E-state index in [0.29, 0.717) is 31.6 Å². The smallest absolute Gasteiger partial charge is 0.410 e. The average molecular weight is 404 g/mol. The average Bonchev–Trinajstić information content (AvgIpc) is 3.03. The number of likely N-dealkylation sites (tertiary alicyclic amines) is 1. The quantitative estimate of drug-likeness (QED) is 0.789. The molecule has 2 aromatic heterocycles. The van der Waals surface area contributed by atoms with E-state index in [4.69, 9.17) is 9.47 Å². The maximum absolute atomic E-state index is 12.3. The number of nitrogens with one attached hydrogen (secondary N) is 1. The third-order valence-corrected chi connectivity index (χ3v) is 4.66. The Labute approximate surface area is 169 Å². The van der Waals surface area contributed by atoms with Gasteiger partial charge in [-0.15, -0.1) is 0 Å². The van der Waals surface area contributed by atoms with Crippen LogP contribution in [0.5, 0.6) is 0 Å². The second kappa shape index (κ2) is 7.88. The Morgan fingerprint density at radius 3 is 2.48 bits per heavy atom. The van der Waals surface area contributed by atoms with E-state index >= 15 is 0 Å². The van der Waals surface area contributed by atoms with Crippen LogP contribution < -0.4 is 5.56 Å². The number of rotatable bonds is 3. The number of hydrogen-bond donors (Lipinski definition) is 1. The summed E-state index contributed by atoms with van der Waals surface area (Å²) in [5.74, 6) is -0.491. The van der Waals surface area contributed by atoms with Gasteiger partial charge in [-0.2, -0.15) is 5.10 Å². The van der Waals surface area contributed by atoms with Gasteiger partial charge in [0.2, 0.25) is 0 Å². The Bertz CT molecular complexity index is 961. The zero-order valence-electron chi connectivity index (χ0n) is 17.5. The molecule has 0 unspecified atom stereocenters. The number of fused-ring (bicyclic) bond motifs is 1. The molecular formula is C20H28N4O5. The first-order valence-corrected chi connectivity index (χ1v) is 9.85. The first-order chi connectivity index (χ1) is 13.5. The van der Waals surface area contributed by atoms with Crippen molar-refractivity contribution in [1.82, 2.24) is 19.5 Å². The normalized spacial score (nSPS) is 15.7. The Kier molecular flexibility index (Phi) is 5.68. The second-order valence-corrected chi connectivity index (χ2v) is 8.57. The minimum Gasteiger partial charge on any atom is -0.459 e. The number of carbonyl (C=O) groups excluding carboxylic acids is 2. The number of carbonyl (C=O) groups is 2. The van der Waals surface area contributed by atoms with Gasteiger partial charge < -0.3 is 19.4 Å². The number of nitrogens with zero attached hydrogens (tertiary/aromatic N) is 3. The predicted molar refractivity (Wildman–Crippen MR) is 106 cm³/mol. The van der Waals surface area contributed by atoms with Gasteiger partial charge in [0, 0.05) is 25.1 Å². The molecule has 0 aliphatic carbocycles. The highest BCUT2D eigenvalue weighted by molar-refractivity contribution is 5.95. The first-order valence-electron chi connectivity index (χ1n) is 9.85. The van der Waals surface area contributed by atoms with Gasteiger partial charge in [-0.05, 0) is 47.5 Å². The van der Waals surface area contributed by atoms with Crippen LogP contribution in [0.3, 0.4) is 0 Å². The van der Waals surface area contributed by atoms with Gasteiger partial charge in [0.05, 0.1) is 18.0 Å². The number of piperidine rings is 1. The van der Waals surface area contributed by atoms with E-state index in [-0.39, 0.29) is 29.2 Å². The van der Waals surface area contributed by atoms with Gasteiger partial charge in [0.15, 0.2) is 5.65 Å². The molecule has 3 rings (SSSR count). The number of ether oxygens (including phenoxy) is 2. The molecule has 0 radical (unpaired) electrons. The molecule has 0 spiro atoms. The van der Waals surface area contributed by atoms with E-state index < -0.39 is 11.6 Å². The largest absolute Gasteiger partial charge is 0.459 e. The fourth-order valence-electron chi connectivity index (χ4n) is 3.41. The highest BCUT2D eigenvalue weighted by Crippen LogP contribution is 2.28. The van der Waals surface area contributed by atoms with E-state index in [9.17, 15) is 14.4 Å². The summed E-state index contributed by atoms with van der Waals surface area (Å²) in [6.07, 6.45) is 2.15. The second-order valence-electron chi connectivity index (χ2n) is 8.57. The molecule has 158 valence electrons. The Hall–Kier alpha value is -2.84. The molecule has 1 saturated heterocycles. The van der Waals surface area contributed by atoms with Crippen LogP contribution in [0.1, 0.15) is 69.4 Å². The molecule has 29 heavy (non-hydrogen) atoms. The maximum atomic E-state index is 12.3. The van der Waals surface area contributed by atoms with Crippen LogP contribution in [0.15, 0.2) is 17.1 Å². The molecule has 0 bridgehead atoms. The molecule has 1 fully saturated rings. The zero-order chi connectivity index (χ0) is 21.3. The van der Waals surface area contributed by atoms with Crippen LogP contribution in [0.4, 0.5) is 4.79 Å². The SMILES string of the molecule is CC(C)OC(=O)c1cnn2c(C3CCN(C(=O)OC(C)(C)C)CC3)cc(=O)[nH]c12. The fourth-order valence-corrected chi connectivity index (χ4v) is 3.41. The van der Waals surface area contributed by atoms with Gasteiger partial charge in [-0.25, -0.2) is 14.1 Å². The third kappa shape index (κ3) is 4.78. The molecule has 0 saturated carbocycles. The van der Waals surface area contributed by atoms with Crippen LogP contribution in [0.2, 0.25) is 0 Å². The van der Waals surface area contributed by atoms with E-state index in [1.165, 1.54) is 12.3 Å². The van der Waals surface area contributed by atoms with Gasteiger partial charge in [-0.3, -0.25) is 4.79 Å². The summed E-state index contributed by atoms with van der Waals surface area (Å²) >= 11 is 0. The summed E-state index contributed by atoms with van der Waals surface area (Å²) in [6.45, 7) is 10.1. The Morgan fingerprint density at radius 2 is 1.90 bits per heavy atom. The monoisotopic (exact) mass is 404 g/mol. The van der Waals surface area contributed by atoms with Crippen molar-refractivity contribution in [2.24, 2.45) is 0 Å². The summed E-state index contributed by atoms with van der Waals surface area (Å²) in [5.41, 5.74) is 0.428. The highest BCUT2D eigenvalue weighted by atomic mass is 16.6. The highest BCUT2D eigenvalue weighted by Gasteiger charge is 2.29. The lowest BCUT2D eigenvalue weighted by molar-refractivity contribution is 0.0203. The minimum absolute atomic E-state index is 0.0346. The van der Waals surface area contributed by atoms with E-state index in [1.54, 1.807) is 23.3 Å². The molecule has 2 aromatic rings. The van der Waals surface area contributed by atoms with Crippen molar-refractivity contribution in [2.75, 3.05) is 13.1 Å². The van der Waals surface area contributed by atoms with Crippen LogP contribution >= 0.6 is 0 Å². The van der Waals surface area contributed by atoms with Gasteiger partial charge in [0.25, 0.3) is 5.56 Å². The maximum Gasteiger partial charge on any atom is 0.410 e. The molecule has 9 heteroatoms. The van der Waals surface area contributed by atoms with Crippen molar-refractivity contribution in [3.8, 4) is 0 Å². The van der Waals surface area contributed by atoms with Crippen LogP contribution in [-0.4, -0.2) is 56.4 Å². The molecule has 1 aliphatic heterocycles. The fraction of sp³-hybridized carbons (Fsp3) is 0.600. The summed E-state index contributed by atoms with van der Waals surface area (Å²) in [4.78, 5) is 41.2. The summed E-state index contributed by atoms with van der Waals surface area (Å²) in [6, 6.07) is 1.51. The number of hydrogen-bond acceptors (Lipinski definition) is 6. The number of aromatic amines is 1. The lowest BCUT2D eigenvalue weighted by Crippen LogP contribution is -2.41. The topological polar surface area (TPSA) is 106 Å². The molecular weight excluding hydrogens is 376 g/mol. The Morgan fingerprint density at radius 1 is 1.24 bits per heavy atom. The lowest BCUT2D eigenvalue weighted by Gasteiger charge is -2.33. The van der Waals surface area contributed by atoms with Crippen molar-refractivity contribution in [3.63, 3.8) is 0 Å². The van der Waals surface area contributed by atoms with Crippen LogP contribution in [0, 0.1) is 0 Å². The van der Waals surface area contributed by atoms with Gasteiger partial charge in [-0.1, -0.05) is 0 Å². The molecule has 1 amide bonds. The summed E-state index contributed by atoms with van der Waals surface area (Å²) < 4.78 is 12.3. The summed E-state index contributed by atoms with van der Waals surface area (Å²) in [5, 5.41) is 4.31. The van der Waals surface area contributed by atoms with E-state index in [2.05, 4.69) is 10.1 Å². The Balaban J connectivity index is 1.81. The van der Waals surface area contributed by atoms with E-state index in [1.807, 2.05) is 20.8 Å².